The second kappa shape index (κ2) is 10.1. The number of urea groups is 1. The number of amides is 2. The topological polar surface area (TPSA) is 143 Å². The van der Waals surface area contributed by atoms with E-state index in [-0.39, 0.29) is 35.0 Å². The van der Waals surface area contributed by atoms with Gasteiger partial charge in [0, 0.05) is 53.7 Å². The maximum atomic E-state index is 13.5. The van der Waals surface area contributed by atoms with Crippen molar-refractivity contribution in [2.24, 2.45) is 0 Å². The molecule has 1 saturated carbocycles. The van der Waals surface area contributed by atoms with Gasteiger partial charge >= 0.3 is 6.03 Å². The van der Waals surface area contributed by atoms with Crippen LogP contribution in [0, 0.1) is 11.3 Å². The molecule has 206 valence electrons. The molecular formula is C29H33N9O2. The van der Waals surface area contributed by atoms with Crippen LogP contribution in [0.2, 0.25) is 0 Å². The smallest absolute Gasteiger partial charge is 0.320 e. The summed E-state index contributed by atoms with van der Waals surface area (Å²) in [6.45, 7) is 10.1. The highest BCUT2D eigenvalue weighted by molar-refractivity contribution is 5.89. The highest BCUT2D eigenvalue weighted by Gasteiger charge is 2.42. The van der Waals surface area contributed by atoms with Gasteiger partial charge < -0.3 is 10.6 Å². The Morgan fingerprint density at radius 2 is 1.90 bits per heavy atom. The van der Waals surface area contributed by atoms with Crippen molar-refractivity contribution in [2.45, 2.75) is 64.5 Å². The number of pyridine rings is 1. The number of nitrogens with one attached hydrogen (secondary N) is 3. The fraction of sp³-hybridized carbons (Fsp3) is 0.379. The molecule has 1 aromatic carbocycles. The highest BCUT2D eigenvalue weighted by atomic mass is 16.2. The van der Waals surface area contributed by atoms with E-state index >= 15 is 0 Å². The number of nitriles is 1. The van der Waals surface area contributed by atoms with Crippen molar-refractivity contribution < 1.29 is 4.79 Å². The molecule has 1 aliphatic rings. The maximum absolute atomic E-state index is 13.5. The lowest BCUT2D eigenvalue weighted by Crippen LogP contribution is -2.33. The normalized spacial score (nSPS) is 16.6. The third-order valence-corrected chi connectivity index (χ3v) is 7.01. The average molecular weight is 540 g/mol. The molecule has 5 rings (SSSR count). The first kappa shape index (κ1) is 26.9. The van der Waals surface area contributed by atoms with Gasteiger partial charge in [-0.05, 0) is 50.6 Å². The number of hydrogen-bond acceptors (Lipinski definition) is 7. The Balaban J connectivity index is 1.38. The molecule has 11 heteroatoms. The van der Waals surface area contributed by atoms with Gasteiger partial charge in [0.2, 0.25) is 5.95 Å². The predicted octanol–water partition coefficient (Wildman–Crippen LogP) is 4.45. The number of aromatic nitrogens is 5. The van der Waals surface area contributed by atoms with Crippen molar-refractivity contribution in [1.29, 1.82) is 5.26 Å². The lowest BCUT2D eigenvalue weighted by atomic mass is 9.92. The van der Waals surface area contributed by atoms with Crippen LogP contribution in [-0.4, -0.2) is 43.4 Å². The van der Waals surface area contributed by atoms with Crippen LogP contribution >= 0.6 is 0 Å². The summed E-state index contributed by atoms with van der Waals surface area (Å²) in [5.41, 5.74) is 2.95. The Morgan fingerprint density at radius 1 is 1.18 bits per heavy atom. The van der Waals surface area contributed by atoms with Gasteiger partial charge in [-0.3, -0.25) is 14.7 Å². The van der Waals surface area contributed by atoms with Crippen LogP contribution in [0.15, 0.2) is 47.4 Å². The van der Waals surface area contributed by atoms with E-state index in [4.69, 9.17) is 10.4 Å². The van der Waals surface area contributed by atoms with Gasteiger partial charge in [0.05, 0.1) is 23.0 Å². The van der Waals surface area contributed by atoms with Gasteiger partial charge in [0.1, 0.15) is 11.5 Å². The summed E-state index contributed by atoms with van der Waals surface area (Å²) in [5.74, 6) is 0.853. The van der Waals surface area contributed by atoms with Gasteiger partial charge in [-0.25, -0.2) is 14.5 Å². The van der Waals surface area contributed by atoms with E-state index in [1.165, 1.54) is 0 Å². The first-order valence-electron chi connectivity index (χ1n) is 13.3. The minimum Gasteiger partial charge on any atom is -0.357 e. The summed E-state index contributed by atoms with van der Waals surface area (Å²) in [5, 5.41) is 23.5. The number of fused-ring (bicyclic) bond motifs is 1. The summed E-state index contributed by atoms with van der Waals surface area (Å²) in [6, 6.07) is 12.2. The van der Waals surface area contributed by atoms with Crippen molar-refractivity contribution in [1.82, 2.24) is 29.6 Å². The molecular weight excluding hydrogens is 506 g/mol. The van der Waals surface area contributed by atoms with E-state index in [0.29, 0.717) is 35.0 Å². The molecule has 0 spiro atoms. The van der Waals surface area contributed by atoms with Crippen LogP contribution in [-0.2, 0) is 5.41 Å². The quantitative estimate of drug-likeness (QED) is 0.329. The highest BCUT2D eigenvalue weighted by Crippen LogP contribution is 2.40. The van der Waals surface area contributed by atoms with E-state index < -0.39 is 0 Å². The number of hydrogen-bond donors (Lipinski definition) is 3. The molecule has 2 amide bonds. The van der Waals surface area contributed by atoms with Crippen LogP contribution < -0.4 is 21.5 Å². The minimum atomic E-state index is -0.380. The Morgan fingerprint density at radius 3 is 2.52 bits per heavy atom. The van der Waals surface area contributed by atoms with E-state index in [1.54, 1.807) is 46.8 Å². The van der Waals surface area contributed by atoms with Gasteiger partial charge in [0.25, 0.3) is 5.56 Å². The lowest BCUT2D eigenvalue weighted by Gasteiger charge is -2.16. The first-order chi connectivity index (χ1) is 19.0. The Kier molecular flexibility index (Phi) is 6.79. The van der Waals surface area contributed by atoms with Crippen LogP contribution in [0.5, 0.6) is 0 Å². The second-order valence-corrected chi connectivity index (χ2v) is 11.4. The summed E-state index contributed by atoms with van der Waals surface area (Å²) >= 11 is 0. The summed E-state index contributed by atoms with van der Waals surface area (Å²) in [7, 11) is 1.74. The molecule has 3 N–H and O–H groups in total. The monoisotopic (exact) mass is 539 g/mol. The van der Waals surface area contributed by atoms with Crippen LogP contribution in [0.4, 0.5) is 16.6 Å². The fourth-order valence-corrected chi connectivity index (χ4v) is 4.74. The molecule has 0 saturated heterocycles. The molecule has 4 aromatic rings. The first-order valence-corrected chi connectivity index (χ1v) is 13.3. The zero-order valence-corrected chi connectivity index (χ0v) is 23.5. The van der Waals surface area contributed by atoms with Crippen molar-refractivity contribution in [3.63, 3.8) is 0 Å². The van der Waals surface area contributed by atoms with Crippen molar-refractivity contribution in [2.75, 3.05) is 17.7 Å². The number of benzene rings is 1. The molecule has 2 atom stereocenters. The van der Waals surface area contributed by atoms with Crippen molar-refractivity contribution >= 4 is 28.8 Å². The fourth-order valence-electron chi connectivity index (χ4n) is 4.74. The minimum absolute atomic E-state index is 0.0949. The lowest BCUT2D eigenvalue weighted by molar-refractivity contribution is 0.251. The molecule has 11 nitrogen and oxygen atoms in total. The van der Waals surface area contributed by atoms with Crippen LogP contribution in [0.25, 0.3) is 16.7 Å². The molecule has 0 radical (unpaired) electrons. The maximum Gasteiger partial charge on any atom is 0.320 e. The van der Waals surface area contributed by atoms with Crippen molar-refractivity contribution in [3.8, 4) is 11.8 Å². The van der Waals surface area contributed by atoms with E-state index in [0.717, 1.165) is 16.8 Å². The Hall–Kier alpha value is -4.72. The van der Waals surface area contributed by atoms with E-state index in [9.17, 15) is 9.59 Å². The molecule has 2 unspecified atom stereocenters. The SMILES string of the molecule is CNc1ncc2cc(C3CC3NC(=O)Nc3cc(C(C)(C)C)nn3-c3ccc(C#N)cc3)c(=O)n(C(C)C)c2n1. The van der Waals surface area contributed by atoms with E-state index in [1.807, 2.05) is 26.0 Å². The Bertz CT molecular complexity index is 1690. The third kappa shape index (κ3) is 5.12. The zero-order valence-electron chi connectivity index (χ0n) is 23.5. The zero-order chi connectivity index (χ0) is 28.8. The summed E-state index contributed by atoms with van der Waals surface area (Å²) in [4.78, 5) is 35.4. The van der Waals surface area contributed by atoms with Gasteiger partial charge in [-0.1, -0.05) is 20.8 Å². The molecule has 1 fully saturated rings. The van der Waals surface area contributed by atoms with Gasteiger partial charge in [-0.15, -0.1) is 0 Å². The number of carbonyl (C=O) groups excluding carboxylic acids is 1. The standard InChI is InChI=1S/C29H33N9O2/c1-16(2)37-25-18(15-32-27(31-6)35-25)11-21(26(37)39)20-12-22(20)33-28(40)34-24-13-23(29(3,4)5)36-38(24)19-9-7-17(14-30)8-10-19/h7-11,13,15-16,20,22H,12H2,1-6H3,(H,31,32,35)(H2,33,34,40). The number of carbonyl (C=O) groups is 1. The van der Waals surface area contributed by atoms with Crippen molar-refractivity contribution in [3.05, 3.63) is 69.8 Å². The number of nitrogens with zero attached hydrogens (tertiary/aromatic N) is 6. The largest absolute Gasteiger partial charge is 0.357 e. The molecule has 3 aromatic heterocycles. The number of anilines is 2. The van der Waals surface area contributed by atoms with E-state index in [2.05, 4.69) is 52.8 Å². The summed E-state index contributed by atoms with van der Waals surface area (Å²) < 4.78 is 3.35. The second-order valence-electron chi connectivity index (χ2n) is 11.4. The average Bonchev–Trinajstić information content (AvgIpc) is 3.53. The molecule has 3 heterocycles. The molecule has 40 heavy (non-hydrogen) atoms. The molecule has 1 aliphatic carbocycles. The van der Waals surface area contributed by atoms with Gasteiger partial charge in [0.15, 0.2) is 0 Å². The Labute approximate surface area is 232 Å². The molecule has 0 bridgehead atoms. The predicted molar refractivity (Wildman–Crippen MR) is 154 cm³/mol. The van der Waals surface area contributed by atoms with Crippen LogP contribution in [0.1, 0.15) is 69.8 Å². The molecule has 0 aliphatic heterocycles. The summed E-state index contributed by atoms with van der Waals surface area (Å²) in [6.07, 6.45) is 2.37. The third-order valence-electron chi connectivity index (χ3n) is 7.01. The van der Waals surface area contributed by atoms with Crippen LogP contribution in [0.3, 0.4) is 0 Å². The van der Waals surface area contributed by atoms with Gasteiger partial charge in [-0.2, -0.15) is 15.3 Å². The number of rotatable bonds is 6.